The van der Waals surface area contributed by atoms with Crippen molar-refractivity contribution in [2.24, 2.45) is 7.05 Å². The van der Waals surface area contributed by atoms with Gasteiger partial charge in [0.15, 0.2) is 0 Å². The smallest absolute Gasteiger partial charge is 0.194 e. The van der Waals surface area contributed by atoms with Crippen LogP contribution in [-0.2, 0) is 12.5 Å². The van der Waals surface area contributed by atoms with Gasteiger partial charge >= 0.3 is 0 Å². The van der Waals surface area contributed by atoms with Crippen molar-refractivity contribution in [2.75, 3.05) is 0 Å². The highest BCUT2D eigenvalue weighted by atomic mass is 14.9. The molecule has 0 aliphatic rings. The van der Waals surface area contributed by atoms with E-state index in [0.29, 0.717) is 0 Å². The zero-order valence-corrected chi connectivity index (χ0v) is 16.3. The summed E-state index contributed by atoms with van der Waals surface area (Å²) in [5.41, 5.74) is 6.69. The second-order valence-electron chi connectivity index (χ2n) is 8.23. The third-order valence-corrected chi connectivity index (χ3v) is 5.48. The van der Waals surface area contributed by atoms with E-state index in [1.807, 2.05) is 0 Å². The summed E-state index contributed by atoms with van der Waals surface area (Å²) in [7, 11) is 2.18. The normalized spacial score (nSPS) is 12.0. The minimum Gasteiger partial charge on any atom is -0.194 e. The Morgan fingerprint density at radius 1 is 0.769 bits per heavy atom. The average molecular weight is 340 g/mol. The number of rotatable bonds is 1. The molecule has 0 saturated heterocycles. The molecule has 130 valence electrons. The molecular formula is C25H26N+. The van der Waals surface area contributed by atoms with E-state index in [4.69, 9.17) is 0 Å². The minimum absolute atomic E-state index is 0.0906. The van der Waals surface area contributed by atoms with Crippen LogP contribution in [0.5, 0.6) is 0 Å². The van der Waals surface area contributed by atoms with E-state index in [1.165, 1.54) is 44.1 Å². The van der Waals surface area contributed by atoms with Crippen molar-refractivity contribution < 1.29 is 4.57 Å². The van der Waals surface area contributed by atoms with Crippen molar-refractivity contribution in [3.63, 3.8) is 0 Å². The molecule has 3 aromatic carbocycles. The van der Waals surface area contributed by atoms with Crippen LogP contribution in [-0.4, -0.2) is 0 Å². The van der Waals surface area contributed by atoms with Gasteiger partial charge in [-0.1, -0.05) is 63.2 Å². The molecule has 0 spiro atoms. The fourth-order valence-corrected chi connectivity index (χ4v) is 4.02. The third-order valence-electron chi connectivity index (χ3n) is 5.48. The summed E-state index contributed by atoms with van der Waals surface area (Å²) in [6, 6.07) is 24.3. The zero-order chi connectivity index (χ0) is 18.5. The van der Waals surface area contributed by atoms with Gasteiger partial charge < -0.3 is 0 Å². The highest BCUT2D eigenvalue weighted by Gasteiger charge is 2.25. The zero-order valence-electron chi connectivity index (χ0n) is 16.3. The van der Waals surface area contributed by atoms with Gasteiger partial charge in [-0.05, 0) is 46.4 Å². The molecule has 1 heteroatoms. The molecule has 1 heterocycles. The first-order valence-corrected chi connectivity index (χ1v) is 9.29. The Labute approximate surface area is 155 Å². The Bertz CT molecular complexity index is 1130. The summed E-state index contributed by atoms with van der Waals surface area (Å²) in [5, 5.41) is 3.97. The van der Waals surface area contributed by atoms with Gasteiger partial charge in [-0.2, -0.15) is 4.57 Å². The van der Waals surface area contributed by atoms with Crippen molar-refractivity contribution in [1.82, 2.24) is 0 Å². The number of nitrogens with zero attached hydrogens (tertiary/aromatic N) is 1. The highest BCUT2D eigenvalue weighted by molar-refractivity contribution is 5.91. The van der Waals surface area contributed by atoms with Crippen LogP contribution < -0.4 is 4.57 Å². The maximum absolute atomic E-state index is 2.39. The van der Waals surface area contributed by atoms with Crippen molar-refractivity contribution >= 4 is 21.7 Å². The molecule has 0 atom stereocenters. The van der Waals surface area contributed by atoms with Gasteiger partial charge in [0, 0.05) is 17.7 Å². The molecule has 4 aromatic rings. The molecule has 4 rings (SSSR count). The third kappa shape index (κ3) is 2.59. The number of benzene rings is 3. The second kappa shape index (κ2) is 5.95. The van der Waals surface area contributed by atoms with Crippen molar-refractivity contribution in [3.05, 3.63) is 77.9 Å². The maximum atomic E-state index is 2.39. The average Bonchev–Trinajstić information content (AvgIpc) is 2.62. The monoisotopic (exact) mass is 340 g/mol. The number of fused-ring (bicyclic) bond motifs is 2. The molecule has 0 unspecified atom stereocenters. The molecule has 1 aromatic heterocycles. The molecule has 0 saturated carbocycles. The van der Waals surface area contributed by atoms with E-state index in [0.717, 1.165) is 0 Å². The lowest BCUT2D eigenvalue weighted by atomic mass is 9.83. The Hall–Kier alpha value is -2.67. The summed E-state index contributed by atoms with van der Waals surface area (Å²) < 4.78 is 2.34. The molecular weight excluding hydrogens is 314 g/mol. The number of aromatic nitrogens is 1. The van der Waals surface area contributed by atoms with Gasteiger partial charge in [0.2, 0.25) is 11.2 Å². The van der Waals surface area contributed by atoms with E-state index in [9.17, 15) is 0 Å². The predicted octanol–water partition coefficient (Wildman–Crippen LogP) is 6.09. The molecule has 0 aliphatic heterocycles. The van der Waals surface area contributed by atoms with Crippen molar-refractivity contribution in [2.45, 2.75) is 33.1 Å². The van der Waals surface area contributed by atoms with Gasteiger partial charge in [-0.15, -0.1) is 0 Å². The molecule has 26 heavy (non-hydrogen) atoms. The standard InChI is InChI=1S/C25H26N/c1-17-19-11-7-6-10-18(19)14-15-20(17)24-16-22(25(2,3)4)21-12-8-9-13-23(21)26(24)5/h6-16H,1-5H3/q+1. The van der Waals surface area contributed by atoms with Gasteiger partial charge in [0.1, 0.15) is 7.05 Å². The fraction of sp³-hybridized carbons (Fsp3) is 0.240. The summed E-state index contributed by atoms with van der Waals surface area (Å²) in [5.74, 6) is 0. The Morgan fingerprint density at radius 2 is 1.42 bits per heavy atom. The summed E-state index contributed by atoms with van der Waals surface area (Å²) in [4.78, 5) is 0. The van der Waals surface area contributed by atoms with Gasteiger partial charge in [0.05, 0.1) is 5.39 Å². The van der Waals surface area contributed by atoms with Gasteiger partial charge in [0.25, 0.3) is 0 Å². The summed E-state index contributed by atoms with van der Waals surface area (Å²) in [6.45, 7) is 9.13. The quantitative estimate of drug-likeness (QED) is 0.369. The fourth-order valence-electron chi connectivity index (χ4n) is 4.02. The molecule has 0 fully saturated rings. The SMILES string of the molecule is Cc1c(-c2cc(C(C)(C)C)c3ccccc3[n+]2C)ccc2ccccc12. The van der Waals surface area contributed by atoms with Crippen LogP contribution >= 0.6 is 0 Å². The molecule has 0 radical (unpaired) electrons. The van der Waals surface area contributed by atoms with E-state index in [1.54, 1.807) is 0 Å². The first-order chi connectivity index (χ1) is 12.4. The lowest BCUT2D eigenvalue weighted by Crippen LogP contribution is -2.33. The summed E-state index contributed by atoms with van der Waals surface area (Å²) in [6.07, 6.45) is 0. The van der Waals surface area contributed by atoms with E-state index in [2.05, 4.69) is 106 Å². The van der Waals surface area contributed by atoms with Crippen LogP contribution in [0, 0.1) is 6.92 Å². The van der Waals surface area contributed by atoms with Crippen LogP contribution in [0.2, 0.25) is 0 Å². The molecule has 0 amide bonds. The van der Waals surface area contributed by atoms with Gasteiger partial charge in [-0.25, -0.2) is 0 Å². The number of hydrogen-bond donors (Lipinski definition) is 0. The van der Waals surface area contributed by atoms with Gasteiger partial charge in [-0.3, -0.25) is 0 Å². The predicted molar refractivity (Wildman–Crippen MR) is 112 cm³/mol. The Kier molecular flexibility index (Phi) is 3.84. The Balaban J connectivity index is 2.10. The Morgan fingerprint density at radius 3 is 2.15 bits per heavy atom. The van der Waals surface area contributed by atoms with E-state index in [-0.39, 0.29) is 5.41 Å². The molecule has 0 aliphatic carbocycles. The lowest BCUT2D eigenvalue weighted by molar-refractivity contribution is -0.633. The molecule has 1 nitrogen and oxygen atoms in total. The molecule has 0 N–H and O–H groups in total. The van der Waals surface area contributed by atoms with E-state index >= 15 is 0 Å². The first-order valence-electron chi connectivity index (χ1n) is 9.29. The van der Waals surface area contributed by atoms with Crippen LogP contribution in [0.25, 0.3) is 32.9 Å². The topological polar surface area (TPSA) is 3.88 Å². The van der Waals surface area contributed by atoms with Crippen LogP contribution in [0.4, 0.5) is 0 Å². The van der Waals surface area contributed by atoms with Crippen molar-refractivity contribution in [1.29, 1.82) is 0 Å². The second-order valence-corrected chi connectivity index (χ2v) is 8.23. The summed E-state index contributed by atoms with van der Waals surface area (Å²) >= 11 is 0. The number of hydrogen-bond acceptors (Lipinski definition) is 0. The first kappa shape index (κ1) is 16.8. The number of aryl methyl sites for hydroxylation is 2. The van der Waals surface area contributed by atoms with Crippen LogP contribution in [0.15, 0.2) is 66.7 Å². The van der Waals surface area contributed by atoms with E-state index < -0.39 is 0 Å². The van der Waals surface area contributed by atoms with Crippen molar-refractivity contribution in [3.8, 4) is 11.3 Å². The number of para-hydroxylation sites is 1. The van der Waals surface area contributed by atoms with Crippen LogP contribution in [0.1, 0.15) is 31.9 Å². The highest BCUT2D eigenvalue weighted by Crippen LogP contribution is 2.34. The minimum atomic E-state index is 0.0906. The lowest BCUT2D eigenvalue weighted by Gasteiger charge is -2.22. The van der Waals surface area contributed by atoms with Crippen LogP contribution in [0.3, 0.4) is 0 Å². The largest absolute Gasteiger partial charge is 0.213 e. The maximum Gasteiger partial charge on any atom is 0.213 e. The molecule has 0 bridgehead atoms. The number of pyridine rings is 1.